The minimum Gasteiger partial charge on any atom is -0.330 e. The van der Waals surface area contributed by atoms with Gasteiger partial charge in [-0.3, -0.25) is 0 Å². The zero-order chi connectivity index (χ0) is 15.3. The summed E-state index contributed by atoms with van der Waals surface area (Å²) < 4.78 is 27.2. The minimum absolute atomic E-state index is 0.431. The number of rotatable bonds is 5. The van der Waals surface area contributed by atoms with Crippen molar-refractivity contribution in [3.05, 3.63) is 29.8 Å². The third kappa shape index (κ3) is 4.03. The third-order valence-electron chi connectivity index (χ3n) is 3.94. The van der Waals surface area contributed by atoms with E-state index in [4.69, 9.17) is 5.73 Å². The van der Waals surface area contributed by atoms with Gasteiger partial charge in [0, 0.05) is 19.6 Å². The van der Waals surface area contributed by atoms with E-state index in [0.29, 0.717) is 24.5 Å². The highest BCUT2D eigenvalue weighted by atomic mass is 32.2. The van der Waals surface area contributed by atoms with Crippen molar-refractivity contribution in [2.75, 3.05) is 39.3 Å². The summed E-state index contributed by atoms with van der Waals surface area (Å²) in [7, 11) is -3.38. The average Bonchev–Trinajstić information content (AvgIpc) is 2.71. The number of nitrogens with two attached hydrogens (primary N) is 1. The van der Waals surface area contributed by atoms with Gasteiger partial charge in [0.2, 0.25) is 10.0 Å². The Morgan fingerprint density at radius 1 is 1.14 bits per heavy atom. The quantitative estimate of drug-likeness (QED) is 0.882. The van der Waals surface area contributed by atoms with Crippen molar-refractivity contribution in [1.29, 1.82) is 0 Å². The van der Waals surface area contributed by atoms with Crippen LogP contribution >= 0.6 is 0 Å². The van der Waals surface area contributed by atoms with E-state index < -0.39 is 10.0 Å². The molecule has 0 aromatic heterocycles. The molecule has 1 fully saturated rings. The molecule has 2 N–H and O–H groups in total. The lowest BCUT2D eigenvalue weighted by molar-refractivity contribution is 0.284. The molecule has 1 saturated heterocycles. The molecule has 0 aliphatic carbocycles. The zero-order valence-corrected chi connectivity index (χ0v) is 13.5. The summed E-state index contributed by atoms with van der Waals surface area (Å²) in [6.45, 7) is 6.36. The maximum atomic E-state index is 12.8. The molecule has 5 nitrogen and oxygen atoms in total. The number of aryl methyl sites for hydroxylation is 1. The summed E-state index contributed by atoms with van der Waals surface area (Å²) in [6.07, 6.45) is 1.83. The monoisotopic (exact) mass is 311 g/mol. The Kier molecular flexibility index (Phi) is 5.75. The predicted octanol–water partition coefficient (Wildman–Crippen LogP) is 1.04. The van der Waals surface area contributed by atoms with Gasteiger partial charge in [-0.2, -0.15) is 4.31 Å². The van der Waals surface area contributed by atoms with Crippen LogP contribution in [0.4, 0.5) is 0 Å². The summed E-state index contributed by atoms with van der Waals surface area (Å²) in [5, 5.41) is 0. The Morgan fingerprint density at radius 2 is 1.90 bits per heavy atom. The van der Waals surface area contributed by atoms with Crippen LogP contribution in [0.5, 0.6) is 0 Å². The van der Waals surface area contributed by atoms with Crippen molar-refractivity contribution in [2.45, 2.75) is 24.7 Å². The fraction of sp³-hybridized carbons (Fsp3) is 0.600. The van der Waals surface area contributed by atoms with Crippen LogP contribution in [0.2, 0.25) is 0 Å². The molecule has 1 aliphatic heterocycles. The van der Waals surface area contributed by atoms with Crippen LogP contribution in [-0.4, -0.2) is 56.9 Å². The maximum absolute atomic E-state index is 12.8. The van der Waals surface area contributed by atoms with Gasteiger partial charge >= 0.3 is 0 Å². The van der Waals surface area contributed by atoms with E-state index in [2.05, 4.69) is 4.90 Å². The predicted molar refractivity (Wildman–Crippen MR) is 84.7 cm³/mol. The lowest BCUT2D eigenvalue weighted by Crippen LogP contribution is -2.36. The first-order valence-corrected chi connectivity index (χ1v) is 8.98. The number of hydrogen-bond donors (Lipinski definition) is 1. The van der Waals surface area contributed by atoms with Gasteiger partial charge in [-0.25, -0.2) is 8.42 Å². The van der Waals surface area contributed by atoms with E-state index in [-0.39, 0.29) is 0 Å². The van der Waals surface area contributed by atoms with Gasteiger partial charge in [0.25, 0.3) is 0 Å². The van der Waals surface area contributed by atoms with Crippen molar-refractivity contribution in [3.8, 4) is 0 Å². The van der Waals surface area contributed by atoms with Crippen LogP contribution in [0.1, 0.15) is 18.4 Å². The largest absolute Gasteiger partial charge is 0.330 e. The highest BCUT2D eigenvalue weighted by Gasteiger charge is 2.27. The SMILES string of the molecule is Cc1ccccc1S(=O)(=O)N1CCCN(CCCN)CC1. The molecular formula is C15H25N3O2S. The van der Waals surface area contributed by atoms with Crippen molar-refractivity contribution in [2.24, 2.45) is 5.73 Å². The zero-order valence-electron chi connectivity index (χ0n) is 12.7. The van der Waals surface area contributed by atoms with Crippen LogP contribution in [0.3, 0.4) is 0 Å². The Labute approximate surface area is 127 Å². The molecule has 6 heteroatoms. The molecule has 21 heavy (non-hydrogen) atoms. The first-order chi connectivity index (χ1) is 10.1. The second kappa shape index (κ2) is 7.35. The van der Waals surface area contributed by atoms with Crippen molar-refractivity contribution >= 4 is 10.0 Å². The normalized spacial score (nSPS) is 18.6. The number of hydrogen-bond acceptors (Lipinski definition) is 4. The van der Waals surface area contributed by atoms with Crippen LogP contribution in [-0.2, 0) is 10.0 Å². The fourth-order valence-electron chi connectivity index (χ4n) is 2.71. The van der Waals surface area contributed by atoms with E-state index >= 15 is 0 Å². The molecule has 1 aromatic rings. The summed E-state index contributed by atoms with van der Waals surface area (Å²) in [4.78, 5) is 2.74. The number of benzene rings is 1. The summed E-state index contributed by atoms with van der Waals surface area (Å²) in [5.74, 6) is 0. The smallest absolute Gasteiger partial charge is 0.243 e. The molecule has 0 spiro atoms. The van der Waals surface area contributed by atoms with Crippen molar-refractivity contribution in [1.82, 2.24) is 9.21 Å². The van der Waals surface area contributed by atoms with Gasteiger partial charge in [0.1, 0.15) is 0 Å². The molecule has 0 amide bonds. The van der Waals surface area contributed by atoms with Gasteiger partial charge < -0.3 is 10.6 Å². The lowest BCUT2D eigenvalue weighted by atomic mass is 10.2. The van der Waals surface area contributed by atoms with Gasteiger partial charge in [0.05, 0.1) is 4.90 Å². The molecule has 0 bridgehead atoms. The molecule has 1 heterocycles. The molecule has 0 unspecified atom stereocenters. The minimum atomic E-state index is -3.38. The Balaban J connectivity index is 2.09. The molecule has 1 aromatic carbocycles. The van der Waals surface area contributed by atoms with Crippen molar-refractivity contribution < 1.29 is 8.42 Å². The lowest BCUT2D eigenvalue weighted by Gasteiger charge is -2.22. The van der Waals surface area contributed by atoms with Crippen molar-refractivity contribution in [3.63, 3.8) is 0 Å². The number of nitrogens with zero attached hydrogens (tertiary/aromatic N) is 2. The molecule has 0 atom stereocenters. The molecule has 1 aliphatic rings. The van der Waals surface area contributed by atoms with Gasteiger partial charge in [-0.15, -0.1) is 0 Å². The second-order valence-electron chi connectivity index (χ2n) is 5.51. The fourth-order valence-corrected chi connectivity index (χ4v) is 4.41. The van der Waals surface area contributed by atoms with E-state index in [1.54, 1.807) is 16.4 Å². The molecule has 118 valence electrons. The second-order valence-corrected chi connectivity index (χ2v) is 7.41. The summed E-state index contributed by atoms with van der Waals surface area (Å²) in [6, 6.07) is 7.19. The average molecular weight is 311 g/mol. The van der Waals surface area contributed by atoms with Gasteiger partial charge in [0.15, 0.2) is 0 Å². The molecule has 0 saturated carbocycles. The van der Waals surface area contributed by atoms with Crippen LogP contribution < -0.4 is 5.73 Å². The van der Waals surface area contributed by atoms with E-state index in [1.807, 2.05) is 19.1 Å². The summed E-state index contributed by atoms with van der Waals surface area (Å²) in [5.41, 5.74) is 6.35. The Morgan fingerprint density at radius 3 is 2.62 bits per heavy atom. The number of sulfonamides is 1. The highest BCUT2D eigenvalue weighted by molar-refractivity contribution is 7.89. The van der Waals surface area contributed by atoms with Gasteiger partial charge in [-0.05, 0) is 51.0 Å². The van der Waals surface area contributed by atoms with E-state index in [0.717, 1.165) is 38.0 Å². The maximum Gasteiger partial charge on any atom is 0.243 e. The molecule has 2 rings (SSSR count). The van der Waals surface area contributed by atoms with Crippen LogP contribution in [0, 0.1) is 6.92 Å². The van der Waals surface area contributed by atoms with E-state index in [1.165, 1.54) is 0 Å². The van der Waals surface area contributed by atoms with Crippen LogP contribution in [0.15, 0.2) is 29.2 Å². The molecule has 0 radical (unpaired) electrons. The van der Waals surface area contributed by atoms with Gasteiger partial charge in [-0.1, -0.05) is 18.2 Å². The Bertz CT molecular complexity index is 560. The first kappa shape index (κ1) is 16.4. The highest BCUT2D eigenvalue weighted by Crippen LogP contribution is 2.20. The van der Waals surface area contributed by atoms with Crippen LogP contribution in [0.25, 0.3) is 0 Å². The topological polar surface area (TPSA) is 66.6 Å². The standard InChI is InChI=1S/C15H25N3O2S/c1-14-6-2-3-7-15(14)21(19,20)18-11-5-10-17(12-13-18)9-4-8-16/h2-3,6-7H,4-5,8-13,16H2,1H3. The Hall–Kier alpha value is -0.950. The summed E-state index contributed by atoms with van der Waals surface area (Å²) >= 11 is 0. The molecular weight excluding hydrogens is 286 g/mol. The third-order valence-corrected chi connectivity index (χ3v) is 6.00. The van der Waals surface area contributed by atoms with E-state index in [9.17, 15) is 8.42 Å². The first-order valence-electron chi connectivity index (χ1n) is 7.54.